The first-order chi connectivity index (χ1) is 13.9. The van der Waals surface area contributed by atoms with Crippen LogP contribution in [0.1, 0.15) is 36.9 Å². The average Bonchev–Trinajstić information content (AvgIpc) is 3.47. The largest absolute Gasteiger partial charge is 0.352 e. The number of amides is 1. The Morgan fingerprint density at radius 3 is 2.52 bits per heavy atom. The molecule has 1 N–H and O–H groups in total. The zero-order chi connectivity index (χ0) is 20.4. The lowest BCUT2D eigenvalue weighted by Crippen LogP contribution is -2.47. The molecule has 1 saturated carbocycles. The van der Waals surface area contributed by atoms with Crippen LogP contribution >= 0.6 is 11.6 Å². The maximum Gasteiger partial charge on any atom is 0.267 e. The number of halogens is 1. The number of hydrogen-bond donors (Lipinski definition) is 1. The molecule has 1 aromatic heterocycles. The van der Waals surface area contributed by atoms with Gasteiger partial charge in [0, 0.05) is 42.2 Å². The predicted octanol–water partition coefficient (Wildman–Crippen LogP) is 2.52. The Hall–Kier alpha value is -2.18. The summed E-state index contributed by atoms with van der Waals surface area (Å²) in [5.74, 6) is -0.150. The molecule has 1 aliphatic carbocycles. The third-order valence-electron chi connectivity index (χ3n) is 6.08. The first-order valence-electron chi connectivity index (χ1n) is 10.3. The van der Waals surface area contributed by atoms with Gasteiger partial charge in [0.05, 0.1) is 5.69 Å². The third kappa shape index (κ3) is 4.87. The lowest BCUT2D eigenvalue weighted by molar-refractivity contribution is -0.123. The van der Waals surface area contributed by atoms with Gasteiger partial charge in [-0.1, -0.05) is 23.7 Å². The van der Waals surface area contributed by atoms with Crippen LogP contribution in [0.2, 0.25) is 5.02 Å². The van der Waals surface area contributed by atoms with Crippen molar-refractivity contribution < 1.29 is 4.79 Å². The molecule has 154 valence electrons. The van der Waals surface area contributed by atoms with Crippen LogP contribution < -0.4 is 10.9 Å². The standard InChI is InChI=1S/C22H27ClN4O2/c1-16-2-7-21(29)27(25-16)14-20(28)24-19-8-12-26(13-9-19)15-22(10-11-22)17-3-5-18(23)6-4-17/h2-7,19H,8-15H2,1H3,(H,24,28). The van der Waals surface area contributed by atoms with Crippen molar-refractivity contribution in [3.05, 3.63) is 63.0 Å². The summed E-state index contributed by atoms with van der Waals surface area (Å²) in [5, 5.41) is 7.98. The molecule has 2 heterocycles. The molecule has 0 bridgehead atoms. The van der Waals surface area contributed by atoms with Crippen molar-refractivity contribution in [1.82, 2.24) is 20.0 Å². The van der Waals surface area contributed by atoms with Crippen molar-refractivity contribution in [1.29, 1.82) is 0 Å². The van der Waals surface area contributed by atoms with Crippen LogP contribution in [0.15, 0.2) is 41.2 Å². The lowest BCUT2D eigenvalue weighted by atomic mass is 9.94. The molecule has 7 heteroatoms. The zero-order valence-corrected chi connectivity index (χ0v) is 17.5. The molecule has 0 radical (unpaired) electrons. The Morgan fingerprint density at radius 1 is 1.17 bits per heavy atom. The lowest BCUT2D eigenvalue weighted by Gasteiger charge is -2.35. The molecule has 29 heavy (non-hydrogen) atoms. The normalized spacial score (nSPS) is 19.1. The van der Waals surface area contributed by atoms with Gasteiger partial charge in [0.2, 0.25) is 5.91 Å². The monoisotopic (exact) mass is 414 g/mol. The van der Waals surface area contributed by atoms with Crippen LogP contribution in [-0.2, 0) is 16.8 Å². The minimum absolute atomic E-state index is 0.0274. The Kier molecular flexibility index (Phi) is 5.74. The van der Waals surface area contributed by atoms with E-state index in [-0.39, 0.29) is 29.5 Å². The molecule has 2 fully saturated rings. The fraction of sp³-hybridized carbons (Fsp3) is 0.500. The van der Waals surface area contributed by atoms with Crippen molar-refractivity contribution in [2.24, 2.45) is 0 Å². The van der Waals surface area contributed by atoms with E-state index in [1.54, 1.807) is 13.0 Å². The van der Waals surface area contributed by atoms with E-state index in [2.05, 4.69) is 27.4 Å². The maximum atomic E-state index is 12.3. The number of piperidine rings is 1. The van der Waals surface area contributed by atoms with Gasteiger partial charge in [-0.25, -0.2) is 4.68 Å². The molecule has 1 saturated heterocycles. The van der Waals surface area contributed by atoms with Crippen molar-refractivity contribution >= 4 is 17.5 Å². The van der Waals surface area contributed by atoms with Crippen molar-refractivity contribution in [3.63, 3.8) is 0 Å². The van der Waals surface area contributed by atoms with Crippen LogP contribution in [0.4, 0.5) is 0 Å². The van der Waals surface area contributed by atoms with Crippen LogP contribution in [-0.4, -0.2) is 46.3 Å². The van der Waals surface area contributed by atoms with Gasteiger partial charge in [-0.2, -0.15) is 5.10 Å². The summed E-state index contributed by atoms with van der Waals surface area (Å²) in [6, 6.07) is 11.5. The summed E-state index contributed by atoms with van der Waals surface area (Å²) in [6.45, 7) is 4.80. The van der Waals surface area contributed by atoms with E-state index >= 15 is 0 Å². The number of aromatic nitrogens is 2. The number of nitrogens with one attached hydrogen (secondary N) is 1. The second kappa shape index (κ2) is 8.28. The first-order valence-corrected chi connectivity index (χ1v) is 10.6. The van der Waals surface area contributed by atoms with Gasteiger partial charge in [-0.15, -0.1) is 0 Å². The zero-order valence-electron chi connectivity index (χ0n) is 16.7. The highest BCUT2D eigenvalue weighted by atomic mass is 35.5. The van der Waals surface area contributed by atoms with E-state index in [9.17, 15) is 9.59 Å². The van der Waals surface area contributed by atoms with Gasteiger partial charge in [0.15, 0.2) is 0 Å². The highest BCUT2D eigenvalue weighted by Gasteiger charge is 2.45. The Labute approximate surface area is 175 Å². The summed E-state index contributed by atoms with van der Waals surface area (Å²) >= 11 is 6.03. The highest BCUT2D eigenvalue weighted by Crippen LogP contribution is 2.49. The number of benzene rings is 1. The molecule has 0 atom stereocenters. The Morgan fingerprint density at radius 2 is 1.86 bits per heavy atom. The average molecular weight is 415 g/mol. The Bertz CT molecular complexity index is 929. The Balaban J connectivity index is 1.26. The second-order valence-corrected chi connectivity index (χ2v) is 8.81. The van der Waals surface area contributed by atoms with Crippen molar-refractivity contribution in [2.75, 3.05) is 19.6 Å². The molecule has 0 unspecified atom stereocenters. The quantitative estimate of drug-likeness (QED) is 0.788. The number of aryl methyl sites for hydroxylation is 1. The van der Waals surface area contributed by atoms with Gasteiger partial charge in [0.1, 0.15) is 6.54 Å². The number of carbonyl (C=O) groups is 1. The number of rotatable bonds is 6. The number of carbonyl (C=O) groups excluding carboxylic acids is 1. The van der Waals surface area contributed by atoms with E-state index in [1.807, 2.05) is 12.1 Å². The minimum atomic E-state index is -0.252. The molecule has 2 aliphatic rings. The van der Waals surface area contributed by atoms with Gasteiger partial charge >= 0.3 is 0 Å². The first kappa shape index (κ1) is 20.1. The summed E-state index contributed by atoms with van der Waals surface area (Å²) in [6.07, 6.45) is 4.31. The van der Waals surface area contributed by atoms with Crippen molar-refractivity contribution in [2.45, 2.75) is 50.6 Å². The van der Waals surface area contributed by atoms with E-state index in [0.717, 1.165) is 43.2 Å². The van der Waals surface area contributed by atoms with Crippen LogP contribution in [0.5, 0.6) is 0 Å². The molecule has 0 spiro atoms. The molecule has 6 nitrogen and oxygen atoms in total. The summed E-state index contributed by atoms with van der Waals surface area (Å²) in [5.41, 5.74) is 2.13. The van der Waals surface area contributed by atoms with Gasteiger partial charge < -0.3 is 10.2 Å². The summed E-state index contributed by atoms with van der Waals surface area (Å²) in [4.78, 5) is 26.7. The molecule has 4 rings (SSSR count). The summed E-state index contributed by atoms with van der Waals surface area (Å²) < 4.78 is 1.22. The van der Waals surface area contributed by atoms with Gasteiger partial charge in [0.25, 0.3) is 5.56 Å². The maximum absolute atomic E-state index is 12.3. The topological polar surface area (TPSA) is 67.2 Å². The van der Waals surface area contributed by atoms with Crippen LogP contribution in [0, 0.1) is 6.92 Å². The van der Waals surface area contributed by atoms with Crippen LogP contribution in [0.25, 0.3) is 0 Å². The number of nitrogens with zero attached hydrogens (tertiary/aromatic N) is 3. The fourth-order valence-corrected chi connectivity index (χ4v) is 4.36. The number of likely N-dealkylation sites (tertiary alicyclic amines) is 1. The minimum Gasteiger partial charge on any atom is -0.352 e. The van der Waals surface area contributed by atoms with Gasteiger partial charge in [-0.3, -0.25) is 9.59 Å². The molecule has 1 amide bonds. The number of hydrogen-bond acceptors (Lipinski definition) is 4. The van der Waals surface area contributed by atoms with Crippen LogP contribution in [0.3, 0.4) is 0 Å². The second-order valence-electron chi connectivity index (χ2n) is 8.38. The molecular weight excluding hydrogens is 388 g/mol. The molecule has 1 aromatic carbocycles. The highest BCUT2D eigenvalue weighted by molar-refractivity contribution is 6.30. The van der Waals surface area contributed by atoms with Gasteiger partial charge in [-0.05, 0) is 56.4 Å². The molecule has 2 aromatic rings. The van der Waals surface area contributed by atoms with E-state index < -0.39 is 0 Å². The summed E-state index contributed by atoms with van der Waals surface area (Å²) in [7, 11) is 0. The fourth-order valence-electron chi connectivity index (χ4n) is 4.23. The van der Waals surface area contributed by atoms with E-state index in [0.29, 0.717) is 0 Å². The molecule has 1 aliphatic heterocycles. The smallest absolute Gasteiger partial charge is 0.267 e. The van der Waals surface area contributed by atoms with Crippen molar-refractivity contribution in [3.8, 4) is 0 Å². The van der Waals surface area contributed by atoms with E-state index in [4.69, 9.17) is 11.6 Å². The third-order valence-corrected chi connectivity index (χ3v) is 6.33. The molecular formula is C22H27ClN4O2. The SMILES string of the molecule is Cc1ccc(=O)n(CC(=O)NC2CCN(CC3(c4ccc(Cl)cc4)CC3)CC2)n1. The van der Waals surface area contributed by atoms with E-state index in [1.165, 1.54) is 29.2 Å². The predicted molar refractivity (Wildman–Crippen MR) is 113 cm³/mol.